The van der Waals surface area contributed by atoms with Crippen molar-refractivity contribution in [2.24, 2.45) is 0 Å². The maximum absolute atomic E-state index is 8.78. The number of aliphatic hydroxyl groups is 1. The quantitative estimate of drug-likeness (QED) is 0.754. The zero-order valence-electron chi connectivity index (χ0n) is 9.38. The Hall–Kier alpha value is -0.603. The van der Waals surface area contributed by atoms with Crippen LogP contribution in [-0.2, 0) is 12.5 Å². The Balaban J connectivity index is 2.64. The molecule has 14 heavy (non-hydrogen) atoms. The van der Waals surface area contributed by atoms with Crippen LogP contribution < -0.4 is 0 Å². The van der Waals surface area contributed by atoms with Crippen LogP contribution in [0.4, 0.5) is 0 Å². The number of rotatable bonds is 4. The van der Waals surface area contributed by atoms with E-state index in [-0.39, 0.29) is 6.61 Å². The molecule has 0 radical (unpaired) electrons. The van der Waals surface area contributed by atoms with Gasteiger partial charge in [0.25, 0.3) is 0 Å². The summed E-state index contributed by atoms with van der Waals surface area (Å²) < 4.78 is 0. The predicted octanol–water partition coefficient (Wildman–Crippen LogP) is 2.64. The third kappa shape index (κ3) is 4.07. The molecule has 1 nitrogen and oxygen atoms in total. The molecule has 2 heteroatoms. The molecule has 1 aromatic carbocycles. The molecule has 1 aromatic rings. The van der Waals surface area contributed by atoms with Crippen molar-refractivity contribution < 1.29 is 5.11 Å². The van der Waals surface area contributed by atoms with E-state index in [9.17, 15) is 0 Å². The van der Waals surface area contributed by atoms with Crippen LogP contribution in [0.25, 0.3) is 0 Å². The molecular weight excluding hydrogens is 188 g/mol. The van der Waals surface area contributed by atoms with E-state index in [2.05, 4.69) is 43.9 Å². The van der Waals surface area contributed by atoms with E-state index in [1.165, 1.54) is 17.2 Å². The molecule has 0 spiro atoms. The average Bonchev–Trinajstić information content (AvgIpc) is 2.06. The molecule has 0 amide bonds. The molecule has 0 bridgehead atoms. The smallest absolute Gasteiger partial charge is 0.0487 e. The maximum Gasteiger partial charge on any atom is 0.0487 e. The lowest BCUT2D eigenvalue weighted by atomic mass is 10.1. The van der Waals surface area contributed by atoms with Crippen molar-refractivity contribution in [1.82, 2.24) is 0 Å². The van der Waals surface area contributed by atoms with E-state index in [0.29, 0.717) is 0 Å². The van der Waals surface area contributed by atoms with Gasteiger partial charge in [0.1, 0.15) is 0 Å². The first-order valence-corrected chi connectivity index (χ1v) is 8.91. The zero-order valence-corrected chi connectivity index (χ0v) is 10.4. The van der Waals surface area contributed by atoms with Crippen LogP contribution in [0.3, 0.4) is 0 Å². The highest BCUT2D eigenvalue weighted by Crippen LogP contribution is 2.12. The largest absolute Gasteiger partial charge is 0.396 e. The average molecular weight is 208 g/mol. The Morgan fingerprint density at radius 2 is 1.50 bits per heavy atom. The van der Waals surface area contributed by atoms with Crippen LogP contribution in [0.2, 0.25) is 19.6 Å². The summed E-state index contributed by atoms with van der Waals surface area (Å²) in [5.74, 6) is 0. The van der Waals surface area contributed by atoms with E-state index in [1.54, 1.807) is 0 Å². The van der Waals surface area contributed by atoms with Crippen molar-refractivity contribution in [3.63, 3.8) is 0 Å². The number of hydrogen-bond donors (Lipinski definition) is 1. The Bertz CT molecular complexity index is 271. The minimum atomic E-state index is -0.983. The van der Waals surface area contributed by atoms with Crippen LogP contribution in [0.15, 0.2) is 24.3 Å². The van der Waals surface area contributed by atoms with Gasteiger partial charge >= 0.3 is 0 Å². The first-order valence-electron chi connectivity index (χ1n) is 5.20. The molecule has 0 heterocycles. The van der Waals surface area contributed by atoms with Crippen molar-refractivity contribution in [2.45, 2.75) is 32.1 Å². The fourth-order valence-electron chi connectivity index (χ4n) is 1.57. The van der Waals surface area contributed by atoms with Gasteiger partial charge in [0.2, 0.25) is 0 Å². The monoisotopic (exact) mass is 208 g/mol. The SMILES string of the molecule is C[Si](C)(C)Cc1ccc(CCO)cc1. The summed E-state index contributed by atoms with van der Waals surface area (Å²) in [6, 6.07) is 9.90. The summed E-state index contributed by atoms with van der Waals surface area (Å²) in [6.07, 6.45) is 0.771. The van der Waals surface area contributed by atoms with Gasteiger partial charge in [-0.3, -0.25) is 0 Å². The highest BCUT2D eigenvalue weighted by Gasteiger charge is 2.13. The summed E-state index contributed by atoms with van der Waals surface area (Å²) in [6.45, 7) is 7.39. The van der Waals surface area contributed by atoms with Crippen LogP contribution in [0.5, 0.6) is 0 Å². The predicted molar refractivity (Wildman–Crippen MR) is 64.3 cm³/mol. The third-order valence-electron chi connectivity index (χ3n) is 2.16. The molecule has 0 aliphatic heterocycles. The molecule has 0 aromatic heterocycles. The van der Waals surface area contributed by atoms with Gasteiger partial charge in [-0.05, 0) is 18.0 Å². The van der Waals surface area contributed by atoms with E-state index < -0.39 is 8.07 Å². The van der Waals surface area contributed by atoms with Crippen LogP contribution in [-0.4, -0.2) is 19.8 Å². The Morgan fingerprint density at radius 3 is 1.93 bits per heavy atom. The van der Waals surface area contributed by atoms with E-state index >= 15 is 0 Å². The van der Waals surface area contributed by atoms with E-state index in [4.69, 9.17) is 5.11 Å². The summed E-state index contributed by atoms with van der Waals surface area (Å²) in [7, 11) is -0.983. The lowest BCUT2D eigenvalue weighted by Gasteiger charge is -2.15. The van der Waals surface area contributed by atoms with E-state index in [1.807, 2.05) is 0 Å². The number of benzene rings is 1. The minimum Gasteiger partial charge on any atom is -0.396 e. The molecule has 0 atom stereocenters. The lowest BCUT2D eigenvalue weighted by molar-refractivity contribution is 0.299. The van der Waals surface area contributed by atoms with Gasteiger partial charge in [-0.15, -0.1) is 0 Å². The second-order valence-corrected chi connectivity index (χ2v) is 10.5. The van der Waals surface area contributed by atoms with Gasteiger partial charge < -0.3 is 5.11 Å². The minimum absolute atomic E-state index is 0.243. The molecule has 0 saturated heterocycles. The molecular formula is C12H20OSi. The Morgan fingerprint density at radius 1 is 1.00 bits per heavy atom. The Kier molecular flexibility index (Phi) is 3.90. The zero-order chi connectivity index (χ0) is 10.6. The highest BCUT2D eigenvalue weighted by molar-refractivity contribution is 6.75. The van der Waals surface area contributed by atoms with E-state index in [0.717, 1.165) is 6.42 Å². The van der Waals surface area contributed by atoms with Crippen LogP contribution in [0, 0.1) is 0 Å². The molecule has 0 fully saturated rings. The Labute approximate surface area is 87.8 Å². The van der Waals surface area contributed by atoms with Crippen LogP contribution in [0.1, 0.15) is 11.1 Å². The molecule has 0 unspecified atom stereocenters. The van der Waals surface area contributed by atoms with Gasteiger partial charge in [-0.1, -0.05) is 49.5 Å². The molecule has 1 N–H and O–H groups in total. The van der Waals surface area contributed by atoms with Crippen molar-refractivity contribution in [1.29, 1.82) is 0 Å². The molecule has 0 aliphatic rings. The topological polar surface area (TPSA) is 20.2 Å². The fourth-order valence-corrected chi connectivity index (χ4v) is 3.03. The van der Waals surface area contributed by atoms with Gasteiger partial charge in [0.05, 0.1) is 0 Å². The number of hydrogen-bond acceptors (Lipinski definition) is 1. The van der Waals surface area contributed by atoms with Gasteiger partial charge in [0, 0.05) is 14.7 Å². The second kappa shape index (κ2) is 4.76. The number of aliphatic hydroxyl groups excluding tert-OH is 1. The summed E-state index contributed by atoms with van der Waals surface area (Å²) in [4.78, 5) is 0. The molecule has 0 aliphatic carbocycles. The first kappa shape index (κ1) is 11.5. The second-order valence-electron chi connectivity index (χ2n) is 5.03. The summed E-state index contributed by atoms with van der Waals surface area (Å²) >= 11 is 0. The van der Waals surface area contributed by atoms with Gasteiger partial charge in [0.15, 0.2) is 0 Å². The third-order valence-corrected chi connectivity index (χ3v) is 3.63. The molecule has 0 saturated carbocycles. The van der Waals surface area contributed by atoms with Crippen molar-refractivity contribution in [3.8, 4) is 0 Å². The van der Waals surface area contributed by atoms with Gasteiger partial charge in [-0.25, -0.2) is 0 Å². The first-order chi connectivity index (χ1) is 6.51. The normalized spacial score (nSPS) is 11.7. The van der Waals surface area contributed by atoms with Crippen molar-refractivity contribution in [2.75, 3.05) is 6.61 Å². The maximum atomic E-state index is 8.78. The highest BCUT2D eigenvalue weighted by atomic mass is 28.3. The van der Waals surface area contributed by atoms with Crippen molar-refractivity contribution in [3.05, 3.63) is 35.4 Å². The summed E-state index contributed by atoms with van der Waals surface area (Å²) in [5, 5.41) is 8.78. The molecule has 78 valence electrons. The fraction of sp³-hybridized carbons (Fsp3) is 0.500. The summed E-state index contributed by atoms with van der Waals surface area (Å²) in [5.41, 5.74) is 2.66. The lowest BCUT2D eigenvalue weighted by Crippen LogP contribution is -2.23. The van der Waals surface area contributed by atoms with Gasteiger partial charge in [-0.2, -0.15) is 0 Å². The molecule has 1 rings (SSSR count). The van der Waals surface area contributed by atoms with Crippen molar-refractivity contribution >= 4 is 8.07 Å². The standard InChI is InChI=1S/C12H20OSi/c1-14(2,3)10-12-6-4-11(5-7-12)8-9-13/h4-7,13H,8-10H2,1-3H3. The van der Waals surface area contributed by atoms with Crippen LogP contribution >= 0.6 is 0 Å².